The summed E-state index contributed by atoms with van der Waals surface area (Å²) >= 11 is 1.70. The number of hydrogen-bond acceptors (Lipinski definition) is 4. The van der Waals surface area contributed by atoms with Gasteiger partial charge in [-0.05, 0) is 29.6 Å². The van der Waals surface area contributed by atoms with Crippen molar-refractivity contribution in [3.63, 3.8) is 0 Å². The average Bonchev–Trinajstić information content (AvgIpc) is 2.90. The number of rotatable bonds is 4. The summed E-state index contributed by atoms with van der Waals surface area (Å²) in [6.45, 7) is 0. The van der Waals surface area contributed by atoms with Gasteiger partial charge >= 0.3 is 0 Å². The van der Waals surface area contributed by atoms with E-state index < -0.39 is 0 Å². The minimum atomic E-state index is 0.744. The second kappa shape index (κ2) is 5.10. The van der Waals surface area contributed by atoms with Gasteiger partial charge in [-0.2, -0.15) is 0 Å². The lowest BCUT2D eigenvalue weighted by molar-refractivity contribution is 0.355. The van der Waals surface area contributed by atoms with Gasteiger partial charge in [-0.25, -0.2) is 0 Å². The first kappa shape index (κ1) is 11.8. The fraction of sp³-hybridized carbons (Fsp3) is 0.231. The first-order valence-electron chi connectivity index (χ1n) is 5.25. The smallest absolute Gasteiger partial charge is 0.162 e. The molecular formula is C13H15NO2S. The normalized spacial score (nSPS) is 10.1. The molecule has 4 heteroatoms. The molecule has 0 aliphatic heterocycles. The Balaban J connectivity index is 2.33. The molecule has 0 N–H and O–H groups in total. The van der Waals surface area contributed by atoms with Crippen LogP contribution in [-0.2, 0) is 0 Å². The van der Waals surface area contributed by atoms with Crippen LogP contribution in [0.5, 0.6) is 11.5 Å². The quantitative estimate of drug-likeness (QED) is 0.827. The van der Waals surface area contributed by atoms with E-state index in [1.165, 1.54) is 5.00 Å². The number of ether oxygens (including phenoxy) is 2. The molecule has 0 saturated carbocycles. The molecule has 0 radical (unpaired) electrons. The summed E-state index contributed by atoms with van der Waals surface area (Å²) in [6, 6.07) is 10.0. The van der Waals surface area contributed by atoms with Gasteiger partial charge in [-0.1, -0.05) is 0 Å². The van der Waals surface area contributed by atoms with Gasteiger partial charge in [0.2, 0.25) is 0 Å². The maximum Gasteiger partial charge on any atom is 0.162 e. The van der Waals surface area contributed by atoms with Crippen molar-refractivity contribution in [3.8, 4) is 11.5 Å². The SMILES string of the molecule is COc1ccc(N(C)c2cccs2)cc1OC. The molecule has 17 heavy (non-hydrogen) atoms. The summed E-state index contributed by atoms with van der Waals surface area (Å²) in [6.07, 6.45) is 0. The molecule has 2 aromatic rings. The van der Waals surface area contributed by atoms with E-state index in [0.717, 1.165) is 17.2 Å². The van der Waals surface area contributed by atoms with E-state index in [9.17, 15) is 0 Å². The highest BCUT2D eigenvalue weighted by Crippen LogP contribution is 2.34. The van der Waals surface area contributed by atoms with Crippen LogP contribution in [0.3, 0.4) is 0 Å². The Morgan fingerprint density at radius 3 is 2.41 bits per heavy atom. The van der Waals surface area contributed by atoms with E-state index in [1.807, 2.05) is 31.3 Å². The summed E-state index contributed by atoms with van der Waals surface area (Å²) in [5.74, 6) is 1.49. The number of benzene rings is 1. The topological polar surface area (TPSA) is 21.7 Å². The van der Waals surface area contributed by atoms with Gasteiger partial charge in [0.1, 0.15) is 0 Å². The van der Waals surface area contributed by atoms with Crippen LogP contribution in [-0.4, -0.2) is 21.3 Å². The highest BCUT2D eigenvalue weighted by molar-refractivity contribution is 7.14. The summed E-state index contributed by atoms with van der Waals surface area (Å²) < 4.78 is 10.5. The van der Waals surface area contributed by atoms with Crippen molar-refractivity contribution in [2.75, 3.05) is 26.2 Å². The van der Waals surface area contributed by atoms with Gasteiger partial charge in [-0.15, -0.1) is 11.3 Å². The lowest BCUT2D eigenvalue weighted by Gasteiger charge is -2.18. The monoisotopic (exact) mass is 249 g/mol. The highest BCUT2D eigenvalue weighted by atomic mass is 32.1. The third kappa shape index (κ3) is 2.36. The van der Waals surface area contributed by atoms with Crippen LogP contribution < -0.4 is 14.4 Å². The van der Waals surface area contributed by atoms with Gasteiger partial charge in [0.25, 0.3) is 0 Å². The second-order valence-electron chi connectivity index (χ2n) is 3.55. The van der Waals surface area contributed by atoms with Gasteiger partial charge in [0, 0.05) is 18.8 Å². The molecule has 0 amide bonds. The Bertz CT molecular complexity index is 482. The standard InChI is InChI=1S/C13H15NO2S/c1-14(13-5-4-8-17-13)10-6-7-11(15-2)12(9-10)16-3/h4-9H,1-3H3. The predicted octanol–water partition coefficient (Wildman–Crippen LogP) is 3.53. The third-order valence-electron chi connectivity index (χ3n) is 2.59. The lowest BCUT2D eigenvalue weighted by Crippen LogP contribution is -2.07. The van der Waals surface area contributed by atoms with E-state index in [4.69, 9.17) is 9.47 Å². The van der Waals surface area contributed by atoms with E-state index in [0.29, 0.717) is 0 Å². The summed E-state index contributed by atoms with van der Waals surface area (Å²) in [4.78, 5) is 2.12. The van der Waals surface area contributed by atoms with Crippen molar-refractivity contribution in [2.24, 2.45) is 0 Å². The average molecular weight is 249 g/mol. The van der Waals surface area contributed by atoms with E-state index in [1.54, 1.807) is 25.6 Å². The van der Waals surface area contributed by atoms with Gasteiger partial charge < -0.3 is 14.4 Å². The maximum atomic E-state index is 5.30. The Kier molecular flexibility index (Phi) is 3.54. The van der Waals surface area contributed by atoms with Crippen molar-refractivity contribution < 1.29 is 9.47 Å². The van der Waals surface area contributed by atoms with Crippen molar-refractivity contribution in [1.82, 2.24) is 0 Å². The Morgan fingerprint density at radius 1 is 1.06 bits per heavy atom. The van der Waals surface area contributed by atoms with Gasteiger partial charge in [-0.3, -0.25) is 0 Å². The molecule has 2 rings (SSSR count). The van der Waals surface area contributed by atoms with Crippen molar-refractivity contribution >= 4 is 22.0 Å². The molecule has 3 nitrogen and oxygen atoms in total. The zero-order chi connectivity index (χ0) is 12.3. The minimum absolute atomic E-state index is 0.744. The zero-order valence-electron chi connectivity index (χ0n) is 10.1. The fourth-order valence-corrected chi connectivity index (χ4v) is 2.34. The van der Waals surface area contributed by atoms with Crippen LogP contribution in [0, 0.1) is 0 Å². The number of nitrogens with zero attached hydrogens (tertiary/aromatic N) is 1. The molecule has 0 saturated heterocycles. The Morgan fingerprint density at radius 2 is 1.82 bits per heavy atom. The molecule has 0 aliphatic carbocycles. The molecule has 0 aliphatic rings. The molecule has 0 unspecified atom stereocenters. The van der Waals surface area contributed by atoms with Gasteiger partial charge in [0.15, 0.2) is 11.5 Å². The molecule has 1 aromatic heterocycles. The number of anilines is 2. The summed E-state index contributed by atoms with van der Waals surface area (Å²) in [7, 11) is 5.32. The largest absolute Gasteiger partial charge is 0.493 e. The molecule has 0 fully saturated rings. The Hall–Kier alpha value is -1.68. The number of methoxy groups -OCH3 is 2. The lowest BCUT2D eigenvalue weighted by atomic mass is 10.2. The van der Waals surface area contributed by atoms with Crippen LogP contribution in [0.2, 0.25) is 0 Å². The van der Waals surface area contributed by atoms with E-state index in [-0.39, 0.29) is 0 Å². The Labute approximate surface area is 105 Å². The van der Waals surface area contributed by atoms with Crippen molar-refractivity contribution in [1.29, 1.82) is 0 Å². The van der Waals surface area contributed by atoms with E-state index in [2.05, 4.69) is 16.3 Å². The van der Waals surface area contributed by atoms with Crippen molar-refractivity contribution in [2.45, 2.75) is 0 Å². The molecule has 90 valence electrons. The van der Waals surface area contributed by atoms with Crippen LogP contribution in [0.4, 0.5) is 10.7 Å². The van der Waals surface area contributed by atoms with Crippen molar-refractivity contribution in [3.05, 3.63) is 35.7 Å². The summed E-state index contributed by atoms with van der Waals surface area (Å²) in [5.41, 5.74) is 1.07. The minimum Gasteiger partial charge on any atom is -0.493 e. The van der Waals surface area contributed by atoms with E-state index >= 15 is 0 Å². The third-order valence-corrected chi connectivity index (χ3v) is 3.54. The molecule has 1 heterocycles. The molecule has 0 spiro atoms. The first-order chi connectivity index (χ1) is 8.26. The zero-order valence-corrected chi connectivity index (χ0v) is 11.0. The maximum absolute atomic E-state index is 5.30. The molecule has 1 aromatic carbocycles. The number of hydrogen-bond donors (Lipinski definition) is 0. The molecule has 0 atom stereocenters. The first-order valence-corrected chi connectivity index (χ1v) is 6.13. The van der Waals surface area contributed by atoms with Crippen LogP contribution in [0.1, 0.15) is 0 Å². The highest BCUT2D eigenvalue weighted by Gasteiger charge is 2.09. The van der Waals surface area contributed by atoms with Gasteiger partial charge in [0.05, 0.1) is 19.2 Å². The van der Waals surface area contributed by atoms with Crippen LogP contribution in [0.25, 0.3) is 0 Å². The predicted molar refractivity (Wildman–Crippen MR) is 71.9 cm³/mol. The molecular weight excluding hydrogens is 234 g/mol. The van der Waals surface area contributed by atoms with Crippen LogP contribution >= 0.6 is 11.3 Å². The van der Waals surface area contributed by atoms with Crippen LogP contribution in [0.15, 0.2) is 35.7 Å². The fourth-order valence-electron chi connectivity index (χ4n) is 1.62. The number of thiophene rings is 1. The summed E-state index contributed by atoms with van der Waals surface area (Å²) in [5, 5.41) is 3.25. The second-order valence-corrected chi connectivity index (χ2v) is 4.48. The molecule has 0 bridgehead atoms.